The monoisotopic (exact) mass is 282 g/mol. The molecule has 0 saturated heterocycles. The van der Waals surface area contributed by atoms with E-state index in [1.807, 2.05) is 0 Å². The predicted octanol–water partition coefficient (Wildman–Crippen LogP) is 2.99. The van der Waals surface area contributed by atoms with Crippen LogP contribution in [0.1, 0.15) is 0 Å². The highest BCUT2D eigenvalue weighted by molar-refractivity contribution is 9.12. The predicted molar refractivity (Wildman–Crippen MR) is 46.9 cm³/mol. The van der Waals surface area contributed by atoms with Crippen LogP contribution in [0, 0.1) is 0 Å². The molecule has 0 aromatic rings. The van der Waals surface area contributed by atoms with Gasteiger partial charge >= 0.3 is 0 Å². The zero-order chi connectivity index (χ0) is 6.57. The fourth-order valence-corrected chi connectivity index (χ4v) is 1.57. The molecule has 0 heterocycles. The van der Waals surface area contributed by atoms with Crippen molar-refractivity contribution in [3.05, 3.63) is 0 Å². The molecular weight excluding hydrogens is 279 g/mol. The number of hydrogen-bond donors (Lipinski definition) is 0. The molecule has 0 rings (SSSR count). The van der Waals surface area contributed by atoms with Crippen LogP contribution in [0.25, 0.3) is 0 Å². The molecule has 0 aromatic carbocycles. The van der Waals surface area contributed by atoms with E-state index >= 15 is 0 Å². The van der Waals surface area contributed by atoms with Crippen molar-refractivity contribution >= 4 is 55.1 Å². The third kappa shape index (κ3) is 3.54. The first kappa shape index (κ1) is 9.54. The van der Waals surface area contributed by atoms with Crippen LogP contribution in [-0.2, 0) is 0 Å². The number of halogens is 4. The highest BCUT2D eigenvalue weighted by atomic mass is 79.9. The summed E-state index contributed by atoms with van der Waals surface area (Å²) in [4.78, 5) is 0.279. The van der Waals surface area contributed by atoms with Crippen molar-refractivity contribution in [2.75, 3.05) is 11.2 Å². The fraction of sp³-hybridized carbons (Fsp3) is 1.00. The summed E-state index contributed by atoms with van der Waals surface area (Å²) in [5.41, 5.74) is 0. The Kier molecular flexibility index (Phi) is 6.36. The summed E-state index contributed by atoms with van der Waals surface area (Å²) in [5.74, 6) is 0.489. The lowest BCUT2D eigenvalue weighted by Gasteiger charge is -2.08. The lowest BCUT2D eigenvalue weighted by molar-refractivity contribution is 0.954. The minimum Gasteiger partial charge on any atom is -0.125 e. The maximum absolute atomic E-state index is 5.71. The average Bonchev–Trinajstić information content (AvgIpc) is 1.84. The summed E-state index contributed by atoms with van der Waals surface area (Å²) in [7, 11) is 0. The molecule has 0 fully saturated rings. The Hall–Kier alpha value is 1.54. The second kappa shape index (κ2) is 5.33. The maximum Gasteiger partial charge on any atom is 0.0604 e. The van der Waals surface area contributed by atoms with Gasteiger partial charge in [-0.2, -0.15) is 0 Å². The molecule has 0 radical (unpaired) electrons. The van der Waals surface area contributed by atoms with E-state index in [1.54, 1.807) is 0 Å². The van der Waals surface area contributed by atoms with E-state index in [9.17, 15) is 0 Å². The molecule has 2 atom stereocenters. The number of alkyl halides is 4. The summed E-state index contributed by atoms with van der Waals surface area (Å²) in [6, 6.07) is 0. The van der Waals surface area contributed by atoms with Crippen LogP contribution in [-0.4, -0.2) is 21.4 Å². The molecule has 0 bridgehead atoms. The molecule has 0 nitrogen and oxygen atoms in total. The van der Waals surface area contributed by atoms with Gasteiger partial charge in [0.05, 0.1) is 5.38 Å². The first-order valence-corrected chi connectivity index (χ1v) is 5.13. The van der Waals surface area contributed by atoms with Crippen LogP contribution >= 0.6 is 55.1 Å². The molecule has 50 valence electrons. The Morgan fingerprint density at radius 2 is 2.00 bits per heavy atom. The van der Waals surface area contributed by atoms with Gasteiger partial charge in [0.25, 0.3) is 0 Å². The normalized spacial score (nSPS) is 18.0. The summed E-state index contributed by atoms with van der Waals surface area (Å²) in [6.45, 7) is 0. The van der Waals surface area contributed by atoms with Gasteiger partial charge < -0.3 is 0 Å². The van der Waals surface area contributed by atoms with Gasteiger partial charge in [0, 0.05) is 16.0 Å². The molecule has 4 heteroatoms. The number of hydrogen-bond acceptors (Lipinski definition) is 0. The lowest BCUT2D eigenvalue weighted by atomic mass is 10.4. The van der Waals surface area contributed by atoms with E-state index in [1.165, 1.54) is 0 Å². The Labute approximate surface area is 76.2 Å². The van der Waals surface area contributed by atoms with Gasteiger partial charge in [-0.15, -0.1) is 23.2 Å². The van der Waals surface area contributed by atoms with Gasteiger partial charge in [0.1, 0.15) is 0 Å². The van der Waals surface area contributed by atoms with Crippen molar-refractivity contribution in [1.29, 1.82) is 0 Å². The van der Waals surface area contributed by atoms with Crippen LogP contribution in [0.3, 0.4) is 0 Å². The first-order chi connectivity index (χ1) is 3.72. The average molecular weight is 285 g/mol. The smallest absolute Gasteiger partial charge is 0.0604 e. The van der Waals surface area contributed by atoms with E-state index in [-0.39, 0.29) is 10.2 Å². The summed E-state index contributed by atoms with van der Waals surface area (Å²) in [6.07, 6.45) is 0. The minimum atomic E-state index is 0.0241. The summed E-state index contributed by atoms with van der Waals surface area (Å²) >= 11 is 17.8. The first-order valence-electron chi connectivity index (χ1n) is 2.12. The van der Waals surface area contributed by atoms with E-state index in [4.69, 9.17) is 23.2 Å². The van der Waals surface area contributed by atoms with E-state index in [2.05, 4.69) is 31.9 Å². The number of rotatable bonds is 3. The van der Waals surface area contributed by atoms with E-state index in [0.717, 1.165) is 5.33 Å². The quantitative estimate of drug-likeness (QED) is 0.699. The second-order valence-electron chi connectivity index (χ2n) is 1.34. The highest BCUT2D eigenvalue weighted by Crippen LogP contribution is 2.15. The van der Waals surface area contributed by atoms with Gasteiger partial charge in [-0.3, -0.25) is 0 Å². The largest absolute Gasteiger partial charge is 0.125 e. The third-order valence-electron chi connectivity index (χ3n) is 0.687. The maximum atomic E-state index is 5.71. The fourth-order valence-electron chi connectivity index (χ4n) is 0.193. The van der Waals surface area contributed by atoms with Gasteiger partial charge in [-0.1, -0.05) is 31.9 Å². The Balaban J connectivity index is 3.29. The molecule has 0 aliphatic carbocycles. The minimum absolute atomic E-state index is 0.0241. The topological polar surface area (TPSA) is 0 Å². The van der Waals surface area contributed by atoms with E-state index in [0.29, 0.717) is 5.88 Å². The van der Waals surface area contributed by atoms with Crippen LogP contribution < -0.4 is 0 Å². The standard InChI is InChI=1S/C4H6Br2Cl2/c5-1-3(6)4(8)2-7/h3-4H,1-2H2. The van der Waals surface area contributed by atoms with Crippen LogP contribution in [0.15, 0.2) is 0 Å². The van der Waals surface area contributed by atoms with Gasteiger partial charge in [0.2, 0.25) is 0 Å². The zero-order valence-corrected chi connectivity index (χ0v) is 8.76. The third-order valence-corrected chi connectivity index (χ3v) is 4.47. The molecule has 0 amide bonds. The van der Waals surface area contributed by atoms with Crippen LogP contribution in [0.2, 0.25) is 0 Å². The van der Waals surface area contributed by atoms with Gasteiger partial charge in [0.15, 0.2) is 0 Å². The van der Waals surface area contributed by atoms with Crippen molar-refractivity contribution in [1.82, 2.24) is 0 Å². The molecule has 0 aromatic heterocycles. The van der Waals surface area contributed by atoms with Crippen molar-refractivity contribution in [2.45, 2.75) is 10.2 Å². The highest BCUT2D eigenvalue weighted by Gasteiger charge is 2.12. The molecule has 8 heavy (non-hydrogen) atoms. The molecule has 0 aliphatic rings. The van der Waals surface area contributed by atoms with Gasteiger partial charge in [-0.05, 0) is 0 Å². The SMILES string of the molecule is ClCC(Cl)C(Br)CBr. The lowest BCUT2D eigenvalue weighted by Crippen LogP contribution is -2.16. The van der Waals surface area contributed by atoms with Crippen molar-refractivity contribution in [2.24, 2.45) is 0 Å². The van der Waals surface area contributed by atoms with Crippen LogP contribution in [0.4, 0.5) is 0 Å². The van der Waals surface area contributed by atoms with Crippen LogP contribution in [0.5, 0.6) is 0 Å². The summed E-state index contributed by atoms with van der Waals surface area (Å²) < 4.78 is 0. The van der Waals surface area contributed by atoms with Gasteiger partial charge in [-0.25, -0.2) is 0 Å². The Morgan fingerprint density at radius 1 is 1.50 bits per heavy atom. The molecule has 0 spiro atoms. The molecule has 0 N–H and O–H groups in total. The van der Waals surface area contributed by atoms with Crippen molar-refractivity contribution in [3.63, 3.8) is 0 Å². The molecular formula is C4H6Br2Cl2. The van der Waals surface area contributed by atoms with Crippen molar-refractivity contribution in [3.8, 4) is 0 Å². The molecule has 0 saturated carbocycles. The Morgan fingerprint density at radius 3 is 2.12 bits per heavy atom. The molecule has 0 aliphatic heterocycles. The van der Waals surface area contributed by atoms with Crippen molar-refractivity contribution < 1.29 is 0 Å². The summed E-state index contributed by atoms with van der Waals surface area (Å²) in [5, 5.41) is 0.865. The second-order valence-corrected chi connectivity index (χ2v) is 4.03. The van der Waals surface area contributed by atoms with E-state index < -0.39 is 0 Å². The Bertz CT molecular complexity index is 52.0. The molecule has 2 unspecified atom stereocenters. The zero-order valence-electron chi connectivity index (χ0n) is 4.08.